The van der Waals surface area contributed by atoms with Gasteiger partial charge in [-0.1, -0.05) is 5.11 Å². The zero-order valence-corrected chi connectivity index (χ0v) is 9.12. The molecule has 0 amide bonds. The SMILES string of the molecule is COc1ccc(C(O)C(O)CN=[N+]=[N-])c(F)c1. The normalized spacial score (nSPS) is 13.6. The molecule has 2 N–H and O–H groups in total. The molecule has 6 nitrogen and oxygen atoms in total. The van der Waals surface area contributed by atoms with Gasteiger partial charge in [0.05, 0.1) is 19.8 Å². The zero-order valence-electron chi connectivity index (χ0n) is 9.12. The molecule has 1 rings (SSSR count). The fraction of sp³-hybridized carbons (Fsp3) is 0.400. The van der Waals surface area contributed by atoms with Crippen molar-refractivity contribution in [2.75, 3.05) is 13.7 Å². The Morgan fingerprint density at radius 3 is 2.76 bits per heavy atom. The number of nitrogens with zero attached hydrogens (tertiary/aromatic N) is 3. The Labute approximate surface area is 96.9 Å². The van der Waals surface area contributed by atoms with Crippen LogP contribution in [0.4, 0.5) is 4.39 Å². The third-order valence-electron chi connectivity index (χ3n) is 2.22. The first-order valence-corrected chi connectivity index (χ1v) is 4.80. The molecule has 0 aliphatic rings. The van der Waals surface area contributed by atoms with E-state index in [-0.39, 0.29) is 12.1 Å². The summed E-state index contributed by atoms with van der Waals surface area (Å²) >= 11 is 0. The Kier molecular flexibility index (Phi) is 4.71. The summed E-state index contributed by atoms with van der Waals surface area (Å²) in [7, 11) is 1.39. The lowest BCUT2D eigenvalue weighted by Crippen LogP contribution is -2.22. The van der Waals surface area contributed by atoms with E-state index in [4.69, 9.17) is 10.3 Å². The van der Waals surface area contributed by atoms with Gasteiger partial charge in [-0.3, -0.25) is 0 Å². The summed E-state index contributed by atoms with van der Waals surface area (Å²) in [6.07, 6.45) is -2.81. The molecule has 0 aliphatic carbocycles. The maximum absolute atomic E-state index is 13.5. The van der Waals surface area contributed by atoms with Gasteiger partial charge < -0.3 is 14.9 Å². The minimum Gasteiger partial charge on any atom is -0.497 e. The number of aliphatic hydroxyl groups is 2. The Morgan fingerprint density at radius 2 is 2.24 bits per heavy atom. The number of hydrogen-bond acceptors (Lipinski definition) is 4. The highest BCUT2D eigenvalue weighted by molar-refractivity contribution is 5.30. The van der Waals surface area contributed by atoms with Crippen molar-refractivity contribution in [2.45, 2.75) is 12.2 Å². The number of halogens is 1. The number of hydrogen-bond donors (Lipinski definition) is 2. The Morgan fingerprint density at radius 1 is 1.53 bits per heavy atom. The van der Waals surface area contributed by atoms with E-state index in [2.05, 4.69) is 10.0 Å². The highest BCUT2D eigenvalue weighted by atomic mass is 19.1. The van der Waals surface area contributed by atoms with Crippen molar-refractivity contribution in [2.24, 2.45) is 5.11 Å². The molecule has 0 aromatic heterocycles. The van der Waals surface area contributed by atoms with Crippen LogP contribution in [0.1, 0.15) is 11.7 Å². The van der Waals surface area contributed by atoms with E-state index < -0.39 is 18.0 Å². The molecule has 0 bridgehead atoms. The van der Waals surface area contributed by atoms with E-state index in [0.29, 0.717) is 5.75 Å². The van der Waals surface area contributed by atoms with Crippen LogP contribution >= 0.6 is 0 Å². The largest absolute Gasteiger partial charge is 0.497 e. The van der Waals surface area contributed by atoms with Gasteiger partial charge in [0, 0.05) is 16.5 Å². The van der Waals surface area contributed by atoms with Gasteiger partial charge in [-0.2, -0.15) is 0 Å². The van der Waals surface area contributed by atoms with Crippen molar-refractivity contribution in [3.63, 3.8) is 0 Å². The van der Waals surface area contributed by atoms with Gasteiger partial charge in [0.1, 0.15) is 17.7 Å². The summed E-state index contributed by atoms with van der Waals surface area (Å²) in [6, 6.07) is 3.86. The Hall–Kier alpha value is -1.82. The van der Waals surface area contributed by atoms with E-state index in [1.807, 2.05) is 0 Å². The Balaban J connectivity index is 2.88. The van der Waals surface area contributed by atoms with Gasteiger partial charge in [0.2, 0.25) is 0 Å². The van der Waals surface area contributed by atoms with Crippen molar-refractivity contribution >= 4 is 0 Å². The van der Waals surface area contributed by atoms with E-state index in [9.17, 15) is 14.6 Å². The number of azide groups is 1. The molecule has 0 fully saturated rings. The lowest BCUT2D eigenvalue weighted by molar-refractivity contribution is 0.0222. The Bertz CT molecular complexity index is 435. The fourth-order valence-electron chi connectivity index (χ4n) is 1.30. The highest BCUT2D eigenvalue weighted by Gasteiger charge is 2.21. The molecule has 7 heteroatoms. The van der Waals surface area contributed by atoms with E-state index >= 15 is 0 Å². The molecule has 2 unspecified atom stereocenters. The van der Waals surface area contributed by atoms with Crippen LogP contribution in [0.15, 0.2) is 23.3 Å². The van der Waals surface area contributed by atoms with Crippen LogP contribution in [-0.4, -0.2) is 30.0 Å². The molecule has 0 saturated heterocycles. The lowest BCUT2D eigenvalue weighted by atomic mass is 10.0. The van der Waals surface area contributed by atoms with Crippen molar-refractivity contribution in [3.05, 3.63) is 40.0 Å². The van der Waals surface area contributed by atoms with Crippen LogP contribution in [0, 0.1) is 5.82 Å². The minimum absolute atomic E-state index is 0.0774. The van der Waals surface area contributed by atoms with Gasteiger partial charge in [-0.25, -0.2) is 4.39 Å². The molecule has 92 valence electrons. The van der Waals surface area contributed by atoms with Crippen molar-refractivity contribution in [1.82, 2.24) is 0 Å². The molecule has 17 heavy (non-hydrogen) atoms. The van der Waals surface area contributed by atoms with E-state index in [1.165, 1.54) is 19.2 Å². The quantitative estimate of drug-likeness (QED) is 0.464. The predicted molar refractivity (Wildman–Crippen MR) is 57.9 cm³/mol. The maximum Gasteiger partial charge on any atom is 0.132 e. The molecule has 0 spiro atoms. The number of aliphatic hydroxyl groups excluding tert-OH is 2. The minimum atomic E-state index is -1.45. The van der Waals surface area contributed by atoms with E-state index in [1.54, 1.807) is 0 Å². The number of ether oxygens (including phenoxy) is 1. The number of methoxy groups -OCH3 is 1. The number of benzene rings is 1. The first kappa shape index (κ1) is 13.2. The smallest absolute Gasteiger partial charge is 0.132 e. The summed E-state index contributed by atoms with van der Waals surface area (Å²) in [5.41, 5.74) is 7.99. The molecule has 0 radical (unpaired) electrons. The summed E-state index contributed by atoms with van der Waals surface area (Å²) in [6.45, 7) is -0.330. The van der Waals surface area contributed by atoms with Gasteiger partial charge in [0.25, 0.3) is 0 Å². The topological polar surface area (TPSA) is 98.5 Å². The monoisotopic (exact) mass is 241 g/mol. The van der Waals surface area contributed by atoms with Crippen molar-refractivity contribution < 1.29 is 19.3 Å². The highest BCUT2D eigenvalue weighted by Crippen LogP contribution is 2.24. The standard InChI is InChI=1S/C10H12FN3O3/c1-17-6-2-3-7(8(11)4-6)10(16)9(15)5-13-14-12/h2-4,9-10,15-16H,5H2,1H3. The summed E-state index contributed by atoms with van der Waals surface area (Å²) in [4.78, 5) is 2.44. The summed E-state index contributed by atoms with van der Waals surface area (Å²) in [5.74, 6) is -0.389. The third-order valence-corrected chi connectivity index (χ3v) is 2.22. The van der Waals surface area contributed by atoms with Gasteiger partial charge in [-0.15, -0.1) is 0 Å². The van der Waals surface area contributed by atoms with Crippen molar-refractivity contribution in [1.29, 1.82) is 0 Å². The second-order valence-corrected chi connectivity index (χ2v) is 3.31. The average molecular weight is 241 g/mol. The summed E-state index contributed by atoms with van der Waals surface area (Å²) in [5, 5.41) is 22.2. The van der Waals surface area contributed by atoms with Gasteiger partial charge >= 0.3 is 0 Å². The molecular weight excluding hydrogens is 229 g/mol. The summed E-state index contributed by atoms with van der Waals surface area (Å²) < 4.78 is 18.3. The van der Waals surface area contributed by atoms with Crippen LogP contribution in [0.5, 0.6) is 5.75 Å². The molecule has 0 heterocycles. The van der Waals surface area contributed by atoms with Gasteiger partial charge in [-0.05, 0) is 17.7 Å². The molecule has 0 aliphatic heterocycles. The molecule has 1 aromatic carbocycles. The van der Waals surface area contributed by atoms with Crippen LogP contribution < -0.4 is 4.74 Å². The van der Waals surface area contributed by atoms with Gasteiger partial charge in [0.15, 0.2) is 0 Å². The maximum atomic E-state index is 13.5. The molecular formula is C10H12FN3O3. The molecule has 0 saturated carbocycles. The second kappa shape index (κ2) is 6.05. The van der Waals surface area contributed by atoms with Crippen LogP contribution in [0.2, 0.25) is 0 Å². The van der Waals surface area contributed by atoms with Crippen LogP contribution in [-0.2, 0) is 0 Å². The average Bonchev–Trinajstić information content (AvgIpc) is 2.34. The fourth-order valence-corrected chi connectivity index (χ4v) is 1.30. The number of rotatable bonds is 5. The van der Waals surface area contributed by atoms with E-state index in [0.717, 1.165) is 6.07 Å². The first-order chi connectivity index (χ1) is 8.10. The third kappa shape index (κ3) is 3.32. The zero-order chi connectivity index (χ0) is 12.8. The first-order valence-electron chi connectivity index (χ1n) is 4.80. The second-order valence-electron chi connectivity index (χ2n) is 3.31. The molecule has 2 atom stereocenters. The molecule has 1 aromatic rings. The predicted octanol–water partition coefficient (Wildman–Crippen LogP) is 1.54. The van der Waals surface area contributed by atoms with Crippen LogP contribution in [0.25, 0.3) is 10.4 Å². The van der Waals surface area contributed by atoms with Crippen LogP contribution in [0.3, 0.4) is 0 Å². The lowest BCUT2D eigenvalue weighted by Gasteiger charge is -2.17. The van der Waals surface area contributed by atoms with Crippen molar-refractivity contribution in [3.8, 4) is 5.75 Å².